The molecule has 0 saturated heterocycles. The Morgan fingerprint density at radius 1 is 1.35 bits per heavy atom. The SMILES string of the molecule is OCc1nc(-c2cccnc2)n2c1CCCC2. The van der Waals surface area contributed by atoms with Crippen molar-refractivity contribution in [3.63, 3.8) is 0 Å². The van der Waals surface area contributed by atoms with Gasteiger partial charge in [-0.15, -0.1) is 0 Å². The molecule has 3 heterocycles. The zero-order valence-electron chi connectivity index (χ0n) is 9.63. The Balaban J connectivity index is 2.14. The number of pyridine rings is 1. The zero-order valence-corrected chi connectivity index (χ0v) is 9.63. The molecule has 0 atom stereocenters. The van der Waals surface area contributed by atoms with Crippen LogP contribution in [0.2, 0.25) is 0 Å². The summed E-state index contributed by atoms with van der Waals surface area (Å²) in [7, 11) is 0. The lowest BCUT2D eigenvalue weighted by Gasteiger charge is -2.17. The van der Waals surface area contributed by atoms with Crippen LogP contribution < -0.4 is 0 Å². The largest absolute Gasteiger partial charge is 0.390 e. The lowest BCUT2D eigenvalue weighted by molar-refractivity contribution is 0.275. The van der Waals surface area contributed by atoms with E-state index in [1.54, 1.807) is 6.20 Å². The Morgan fingerprint density at radius 3 is 3.06 bits per heavy atom. The van der Waals surface area contributed by atoms with E-state index in [-0.39, 0.29) is 6.61 Å². The Kier molecular flexibility index (Phi) is 2.65. The molecule has 2 aromatic heterocycles. The van der Waals surface area contributed by atoms with Crippen LogP contribution in [0.25, 0.3) is 11.4 Å². The fourth-order valence-corrected chi connectivity index (χ4v) is 2.46. The summed E-state index contributed by atoms with van der Waals surface area (Å²) in [4.78, 5) is 8.68. The van der Waals surface area contributed by atoms with Gasteiger partial charge in [0.1, 0.15) is 5.82 Å². The normalized spacial score (nSPS) is 14.6. The van der Waals surface area contributed by atoms with E-state index < -0.39 is 0 Å². The second-order valence-electron chi connectivity index (χ2n) is 4.34. The third-order valence-electron chi connectivity index (χ3n) is 3.27. The van der Waals surface area contributed by atoms with Crippen LogP contribution in [0.4, 0.5) is 0 Å². The predicted molar refractivity (Wildman–Crippen MR) is 64.3 cm³/mol. The van der Waals surface area contributed by atoms with E-state index in [2.05, 4.69) is 14.5 Å². The molecule has 2 aromatic rings. The highest BCUT2D eigenvalue weighted by molar-refractivity contribution is 5.55. The number of nitrogens with zero attached hydrogens (tertiary/aromatic N) is 3. The fourth-order valence-electron chi connectivity index (χ4n) is 2.46. The van der Waals surface area contributed by atoms with Crippen molar-refractivity contribution in [3.8, 4) is 11.4 Å². The van der Waals surface area contributed by atoms with Gasteiger partial charge in [0.15, 0.2) is 0 Å². The summed E-state index contributed by atoms with van der Waals surface area (Å²) >= 11 is 0. The number of fused-ring (bicyclic) bond motifs is 1. The van der Waals surface area contributed by atoms with E-state index in [0.29, 0.717) is 0 Å². The smallest absolute Gasteiger partial charge is 0.142 e. The highest BCUT2D eigenvalue weighted by atomic mass is 16.3. The molecule has 4 heteroatoms. The molecular weight excluding hydrogens is 214 g/mol. The molecule has 0 amide bonds. The number of aliphatic hydroxyl groups is 1. The van der Waals surface area contributed by atoms with Crippen LogP contribution in [0.5, 0.6) is 0 Å². The highest BCUT2D eigenvalue weighted by Crippen LogP contribution is 2.26. The minimum absolute atomic E-state index is 0.0234. The van der Waals surface area contributed by atoms with Crippen LogP contribution in [0.1, 0.15) is 24.2 Å². The zero-order chi connectivity index (χ0) is 11.7. The maximum absolute atomic E-state index is 9.36. The Bertz CT molecular complexity index is 519. The fraction of sp³-hybridized carbons (Fsp3) is 0.385. The molecule has 0 radical (unpaired) electrons. The summed E-state index contributed by atoms with van der Waals surface area (Å²) in [5.41, 5.74) is 3.04. The summed E-state index contributed by atoms with van der Waals surface area (Å²) < 4.78 is 2.23. The van der Waals surface area contributed by atoms with E-state index in [0.717, 1.165) is 30.0 Å². The Labute approximate surface area is 100.0 Å². The van der Waals surface area contributed by atoms with Crippen molar-refractivity contribution in [2.75, 3.05) is 0 Å². The molecule has 1 aliphatic heterocycles. The molecule has 88 valence electrons. The van der Waals surface area contributed by atoms with Gasteiger partial charge in [-0.3, -0.25) is 4.98 Å². The van der Waals surface area contributed by atoms with Gasteiger partial charge < -0.3 is 9.67 Å². The molecule has 0 bridgehead atoms. The van der Waals surface area contributed by atoms with Gasteiger partial charge in [0, 0.05) is 30.2 Å². The first kappa shape index (κ1) is 10.5. The lowest BCUT2D eigenvalue weighted by Crippen LogP contribution is -2.12. The summed E-state index contributed by atoms with van der Waals surface area (Å²) in [5.74, 6) is 0.942. The van der Waals surface area contributed by atoms with Crippen LogP contribution in [0, 0.1) is 0 Å². The van der Waals surface area contributed by atoms with E-state index in [4.69, 9.17) is 0 Å². The molecule has 0 fully saturated rings. The first-order valence-corrected chi connectivity index (χ1v) is 5.99. The van der Waals surface area contributed by atoms with Crippen molar-refractivity contribution < 1.29 is 5.11 Å². The van der Waals surface area contributed by atoms with Crippen LogP contribution in [-0.2, 0) is 19.6 Å². The minimum atomic E-state index is 0.0234. The first-order valence-electron chi connectivity index (χ1n) is 5.99. The van der Waals surface area contributed by atoms with Gasteiger partial charge in [-0.05, 0) is 31.4 Å². The second-order valence-corrected chi connectivity index (χ2v) is 4.34. The van der Waals surface area contributed by atoms with Gasteiger partial charge in [-0.1, -0.05) is 0 Å². The van der Waals surface area contributed by atoms with E-state index in [1.165, 1.54) is 18.5 Å². The molecule has 0 aliphatic carbocycles. The third kappa shape index (κ3) is 1.74. The topological polar surface area (TPSA) is 50.9 Å². The maximum Gasteiger partial charge on any atom is 0.142 e. The van der Waals surface area contributed by atoms with Gasteiger partial charge in [0.05, 0.1) is 12.3 Å². The van der Waals surface area contributed by atoms with Crippen molar-refractivity contribution in [2.24, 2.45) is 0 Å². The summed E-state index contributed by atoms with van der Waals surface area (Å²) in [5, 5.41) is 9.36. The minimum Gasteiger partial charge on any atom is -0.390 e. The molecule has 0 spiro atoms. The van der Waals surface area contributed by atoms with Gasteiger partial charge in [-0.25, -0.2) is 4.98 Å². The molecule has 3 rings (SSSR count). The van der Waals surface area contributed by atoms with Gasteiger partial charge in [0.25, 0.3) is 0 Å². The molecule has 1 aliphatic rings. The van der Waals surface area contributed by atoms with Crippen molar-refractivity contribution in [2.45, 2.75) is 32.4 Å². The molecular formula is C13H15N3O. The lowest BCUT2D eigenvalue weighted by atomic mass is 10.1. The number of aromatic nitrogens is 3. The van der Waals surface area contributed by atoms with Crippen LogP contribution in [-0.4, -0.2) is 19.6 Å². The molecule has 4 nitrogen and oxygen atoms in total. The molecule has 0 unspecified atom stereocenters. The molecule has 17 heavy (non-hydrogen) atoms. The average Bonchev–Trinajstić information content (AvgIpc) is 2.78. The Hall–Kier alpha value is -1.68. The van der Waals surface area contributed by atoms with E-state index in [1.807, 2.05) is 18.3 Å². The molecule has 0 saturated carbocycles. The number of hydrogen-bond acceptors (Lipinski definition) is 3. The monoisotopic (exact) mass is 229 g/mol. The van der Waals surface area contributed by atoms with Crippen molar-refractivity contribution in [1.82, 2.24) is 14.5 Å². The van der Waals surface area contributed by atoms with Crippen molar-refractivity contribution >= 4 is 0 Å². The third-order valence-corrected chi connectivity index (χ3v) is 3.27. The van der Waals surface area contributed by atoms with E-state index >= 15 is 0 Å². The van der Waals surface area contributed by atoms with Gasteiger partial charge >= 0.3 is 0 Å². The van der Waals surface area contributed by atoms with Crippen LogP contribution >= 0.6 is 0 Å². The Morgan fingerprint density at radius 2 is 2.29 bits per heavy atom. The van der Waals surface area contributed by atoms with Crippen molar-refractivity contribution in [1.29, 1.82) is 0 Å². The van der Waals surface area contributed by atoms with Gasteiger partial charge in [0.2, 0.25) is 0 Å². The molecule has 0 aromatic carbocycles. The summed E-state index contributed by atoms with van der Waals surface area (Å²) in [6.07, 6.45) is 6.97. The quantitative estimate of drug-likeness (QED) is 0.854. The van der Waals surface area contributed by atoms with Crippen LogP contribution in [0.3, 0.4) is 0 Å². The van der Waals surface area contributed by atoms with Crippen molar-refractivity contribution in [3.05, 3.63) is 35.9 Å². The summed E-state index contributed by atoms with van der Waals surface area (Å²) in [6, 6.07) is 3.93. The predicted octanol–water partition coefficient (Wildman–Crippen LogP) is 1.77. The maximum atomic E-state index is 9.36. The average molecular weight is 229 g/mol. The van der Waals surface area contributed by atoms with E-state index in [9.17, 15) is 5.11 Å². The number of aliphatic hydroxyl groups excluding tert-OH is 1. The number of hydrogen-bond donors (Lipinski definition) is 1. The highest BCUT2D eigenvalue weighted by Gasteiger charge is 2.20. The van der Waals surface area contributed by atoms with Gasteiger partial charge in [-0.2, -0.15) is 0 Å². The second kappa shape index (κ2) is 4.30. The first-order chi connectivity index (χ1) is 8.40. The number of rotatable bonds is 2. The molecule has 1 N–H and O–H groups in total. The number of imidazole rings is 1. The standard InChI is InChI=1S/C13H15N3O/c17-9-11-12-5-1-2-7-16(12)13(15-11)10-4-3-6-14-8-10/h3-4,6,8,17H,1-2,5,7,9H2. The summed E-state index contributed by atoms with van der Waals surface area (Å²) in [6.45, 7) is 1.02. The van der Waals surface area contributed by atoms with Crippen LogP contribution in [0.15, 0.2) is 24.5 Å².